The third-order valence-corrected chi connectivity index (χ3v) is 4.94. The highest BCUT2D eigenvalue weighted by molar-refractivity contribution is 5.80. The van der Waals surface area contributed by atoms with Crippen LogP contribution >= 0.6 is 0 Å². The summed E-state index contributed by atoms with van der Waals surface area (Å²) in [5.74, 6) is 1.60. The van der Waals surface area contributed by atoms with E-state index in [9.17, 15) is 0 Å². The van der Waals surface area contributed by atoms with Gasteiger partial charge in [-0.05, 0) is 33.1 Å². The minimum Gasteiger partial charge on any atom is -0.377 e. The molecule has 1 saturated heterocycles. The van der Waals surface area contributed by atoms with Gasteiger partial charge in [0.05, 0.1) is 6.10 Å². The fourth-order valence-electron chi connectivity index (χ4n) is 3.59. The van der Waals surface area contributed by atoms with Gasteiger partial charge in [-0.1, -0.05) is 20.8 Å². The first-order chi connectivity index (χ1) is 9.50. The summed E-state index contributed by atoms with van der Waals surface area (Å²) in [7, 11) is 0. The highest BCUT2D eigenvalue weighted by Crippen LogP contribution is 2.51. The molecule has 0 aromatic rings. The highest BCUT2D eigenvalue weighted by atomic mass is 16.5. The van der Waals surface area contributed by atoms with Crippen molar-refractivity contribution < 1.29 is 4.74 Å². The van der Waals surface area contributed by atoms with E-state index in [1.54, 1.807) is 0 Å². The number of aliphatic imine (C=N–C) groups is 1. The van der Waals surface area contributed by atoms with E-state index in [4.69, 9.17) is 4.74 Å². The van der Waals surface area contributed by atoms with Gasteiger partial charge < -0.3 is 15.4 Å². The van der Waals surface area contributed by atoms with E-state index in [1.165, 1.54) is 12.8 Å². The topological polar surface area (TPSA) is 45.7 Å². The predicted octanol–water partition coefficient (Wildman–Crippen LogP) is 2.54. The van der Waals surface area contributed by atoms with Crippen molar-refractivity contribution in [1.82, 2.24) is 10.6 Å². The molecule has 0 aromatic carbocycles. The molecule has 0 aromatic heterocycles. The monoisotopic (exact) mass is 281 g/mol. The molecule has 2 aliphatic rings. The minimum atomic E-state index is 0.191. The second-order valence-electron chi connectivity index (χ2n) is 6.82. The fourth-order valence-corrected chi connectivity index (χ4v) is 3.59. The molecule has 1 saturated carbocycles. The van der Waals surface area contributed by atoms with E-state index < -0.39 is 0 Å². The van der Waals surface area contributed by atoms with Crippen LogP contribution in [-0.4, -0.2) is 37.3 Å². The lowest BCUT2D eigenvalue weighted by atomic mass is 9.55. The molecule has 116 valence electrons. The zero-order valence-electron chi connectivity index (χ0n) is 13.7. The van der Waals surface area contributed by atoms with Crippen molar-refractivity contribution in [2.75, 3.05) is 13.2 Å². The predicted molar refractivity (Wildman–Crippen MR) is 84.0 cm³/mol. The maximum absolute atomic E-state index is 5.97. The Kier molecular flexibility index (Phi) is 4.95. The van der Waals surface area contributed by atoms with Gasteiger partial charge in [-0.25, -0.2) is 0 Å². The number of nitrogens with one attached hydrogen (secondary N) is 2. The molecule has 4 heteroatoms. The second kappa shape index (κ2) is 6.33. The van der Waals surface area contributed by atoms with E-state index in [2.05, 4.69) is 50.2 Å². The number of fused-ring (bicyclic) bond motifs is 1. The summed E-state index contributed by atoms with van der Waals surface area (Å²) in [5, 5.41) is 7.17. The number of rotatable bonds is 4. The molecular formula is C16H31N3O. The van der Waals surface area contributed by atoms with Crippen LogP contribution in [0.4, 0.5) is 0 Å². The number of hydrogen-bond acceptors (Lipinski definition) is 2. The summed E-state index contributed by atoms with van der Waals surface area (Å²) >= 11 is 0. The lowest BCUT2D eigenvalue weighted by Crippen LogP contribution is -2.71. The summed E-state index contributed by atoms with van der Waals surface area (Å²) in [6.07, 6.45) is 3.98. The van der Waals surface area contributed by atoms with Gasteiger partial charge in [0.2, 0.25) is 0 Å². The summed E-state index contributed by atoms with van der Waals surface area (Å²) < 4.78 is 5.97. The van der Waals surface area contributed by atoms with Crippen LogP contribution in [-0.2, 0) is 4.74 Å². The fraction of sp³-hybridized carbons (Fsp3) is 0.938. The van der Waals surface area contributed by atoms with E-state index >= 15 is 0 Å². The summed E-state index contributed by atoms with van der Waals surface area (Å²) in [5.41, 5.74) is 0.191. The maximum atomic E-state index is 5.97. The molecule has 2 rings (SSSR count). The number of hydrogen-bond donors (Lipinski definition) is 2. The summed E-state index contributed by atoms with van der Waals surface area (Å²) in [6.45, 7) is 12.8. The number of ether oxygens (including phenoxy) is 1. The average Bonchev–Trinajstić information content (AvgIpc) is 2.44. The largest absolute Gasteiger partial charge is 0.377 e. The molecule has 2 fully saturated rings. The van der Waals surface area contributed by atoms with Crippen LogP contribution in [0.2, 0.25) is 0 Å². The first-order valence-corrected chi connectivity index (χ1v) is 8.19. The Morgan fingerprint density at radius 1 is 1.40 bits per heavy atom. The van der Waals surface area contributed by atoms with Crippen molar-refractivity contribution in [3.05, 3.63) is 0 Å². The molecule has 0 bridgehead atoms. The molecular weight excluding hydrogens is 250 g/mol. The molecule has 20 heavy (non-hydrogen) atoms. The normalized spacial score (nSPS) is 33.9. The van der Waals surface area contributed by atoms with Crippen molar-refractivity contribution in [2.45, 2.75) is 72.1 Å². The maximum Gasteiger partial charge on any atom is 0.191 e. The highest BCUT2D eigenvalue weighted by Gasteiger charge is 2.58. The Bertz CT molecular complexity index is 354. The summed E-state index contributed by atoms with van der Waals surface area (Å²) in [4.78, 5) is 4.59. The van der Waals surface area contributed by atoms with Crippen LogP contribution < -0.4 is 10.6 Å². The van der Waals surface area contributed by atoms with Crippen molar-refractivity contribution in [1.29, 1.82) is 0 Å². The first kappa shape index (κ1) is 15.6. The molecule has 4 nitrogen and oxygen atoms in total. The molecule has 2 N–H and O–H groups in total. The van der Waals surface area contributed by atoms with Gasteiger partial charge in [0.1, 0.15) is 0 Å². The molecule has 0 amide bonds. The van der Waals surface area contributed by atoms with Crippen molar-refractivity contribution in [3.63, 3.8) is 0 Å². The minimum absolute atomic E-state index is 0.191. The van der Waals surface area contributed by atoms with Gasteiger partial charge >= 0.3 is 0 Å². The van der Waals surface area contributed by atoms with E-state index in [-0.39, 0.29) is 5.41 Å². The van der Waals surface area contributed by atoms with Crippen LogP contribution in [0.1, 0.15) is 53.9 Å². The Morgan fingerprint density at radius 2 is 2.15 bits per heavy atom. The first-order valence-electron chi connectivity index (χ1n) is 8.19. The molecule has 4 unspecified atom stereocenters. The zero-order valence-corrected chi connectivity index (χ0v) is 13.7. The molecule has 0 radical (unpaired) electrons. The Morgan fingerprint density at radius 3 is 2.80 bits per heavy atom. The van der Waals surface area contributed by atoms with Gasteiger partial charge in [-0.15, -0.1) is 0 Å². The standard InChI is InChI=1S/C16H31N3O/c1-6-11(3)18-15(17-7-2)19-13-12-9-8-10-20-14(12)16(13,4)5/h11-14H,6-10H2,1-5H3,(H2,17,18,19). The quantitative estimate of drug-likeness (QED) is 0.615. The SMILES string of the molecule is CCN=C(NC(C)CC)NC1C2CCCOC2C1(C)C. The lowest BCUT2D eigenvalue weighted by Gasteiger charge is -2.60. The van der Waals surface area contributed by atoms with E-state index in [0.717, 1.165) is 25.5 Å². The van der Waals surface area contributed by atoms with Crippen LogP contribution in [0.15, 0.2) is 4.99 Å². The van der Waals surface area contributed by atoms with Crippen molar-refractivity contribution in [2.24, 2.45) is 16.3 Å². The van der Waals surface area contributed by atoms with Crippen LogP contribution in [0.3, 0.4) is 0 Å². The van der Waals surface area contributed by atoms with Crippen LogP contribution in [0, 0.1) is 11.3 Å². The number of nitrogens with zero attached hydrogens (tertiary/aromatic N) is 1. The Labute approximate surface area is 123 Å². The van der Waals surface area contributed by atoms with Crippen molar-refractivity contribution >= 4 is 5.96 Å². The molecule has 1 heterocycles. The van der Waals surface area contributed by atoms with Crippen molar-refractivity contribution in [3.8, 4) is 0 Å². The van der Waals surface area contributed by atoms with E-state index in [0.29, 0.717) is 24.1 Å². The Balaban J connectivity index is 2.01. The summed E-state index contributed by atoms with van der Waals surface area (Å²) in [6, 6.07) is 0.920. The smallest absolute Gasteiger partial charge is 0.191 e. The van der Waals surface area contributed by atoms with E-state index in [1.807, 2.05) is 0 Å². The molecule has 1 aliphatic carbocycles. The molecule has 1 aliphatic heterocycles. The molecule has 0 spiro atoms. The van der Waals surface area contributed by atoms with Crippen LogP contribution in [0.5, 0.6) is 0 Å². The molecule has 4 atom stereocenters. The number of guanidine groups is 1. The van der Waals surface area contributed by atoms with Crippen LogP contribution in [0.25, 0.3) is 0 Å². The lowest BCUT2D eigenvalue weighted by molar-refractivity contribution is -0.188. The second-order valence-corrected chi connectivity index (χ2v) is 6.82. The van der Waals surface area contributed by atoms with Gasteiger partial charge in [0, 0.05) is 36.6 Å². The zero-order chi connectivity index (χ0) is 14.8. The van der Waals surface area contributed by atoms with Gasteiger partial charge in [0.15, 0.2) is 5.96 Å². The van der Waals surface area contributed by atoms with Gasteiger partial charge in [0.25, 0.3) is 0 Å². The average molecular weight is 281 g/mol. The Hall–Kier alpha value is -0.770. The third-order valence-electron chi connectivity index (χ3n) is 4.94. The van der Waals surface area contributed by atoms with Gasteiger partial charge in [-0.3, -0.25) is 4.99 Å². The third kappa shape index (κ3) is 2.95. The van der Waals surface area contributed by atoms with Gasteiger partial charge in [-0.2, -0.15) is 0 Å².